The van der Waals surface area contributed by atoms with Gasteiger partial charge in [0.15, 0.2) is 0 Å². The number of nitrogens with one attached hydrogen (secondary N) is 1. The molecule has 1 N–H and O–H groups in total. The average molecular weight is 252 g/mol. The summed E-state index contributed by atoms with van der Waals surface area (Å²) in [7, 11) is 0. The summed E-state index contributed by atoms with van der Waals surface area (Å²) in [4.78, 5) is 0. The monoisotopic (exact) mass is 252 g/mol. The Balaban J connectivity index is 2.27. The maximum absolute atomic E-state index is 5.51. The van der Waals surface area contributed by atoms with Crippen LogP contribution >= 0.6 is 0 Å². The van der Waals surface area contributed by atoms with Crippen molar-refractivity contribution in [3.63, 3.8) is 0 Å². The van der Waals surface area contributed by atoms with Crippen LogP contribution in [-0.4, -0.2) is 23.8 Å². The van der Waals surface area contributed by atoms with Crippen LogP contribution in [0.1, 0.15) is 44.1 Å². The van der Waals surface area contributed by atoms with E-state index >= 15 is 0 Å². The highest BCUT2D eigenvalue weighted by atomic mass is 16.5. The van der Waals surface area contributed by atoms with Gasteiger partial charge in [0.05, 0.1) is 6.10 Å². The first-order valence-electron chi connectivity index (χ1n) is 7.04. The third kappa shape index (κ3) is 4.46. The number of hydrogen-bond donors (Lipinski definition) is 1. The van der Waals surface area contributed by atoms with E-state index < -0.39 is 0 Å². The molecule has 0 aliphatic rings. The lowest BCUT2D eigenvalue weighted by atomic mass is 10.2. The van der Waals surface area contributed by atoms with E-state index in [0.717, 1.165) is 32.7 Å². The average Bonchev–Trinajstić information content (AvgIpc) is 2.58. The largest absolute Gasteiger partial charge is 0.379 e. The normalized spacial score (nSPS) is 11.4. The zero-order valence-electron chi connectivity index (χ0n) is 12.5. The van der Waals surface area contributed by atoms with E-state index in [0.29, 0.717) is 6.10 Å². The number of rotatable bonds is 8. The minimum absolute atomic E-state index is 0.341. The Morgan fingerprint density at radius 3 is 2.61 bits per heavy atom. The summed E-state index contributed by atoms with van der Waals surface area (Å²) in [5, 5.41) is 3.49. The van der Waals surface area contributed by atoms with Crippen LogP contribution in [0.3, 0.4) is 0 Å². The summed E-state index contributed by atoms with van der Waals surface area (Å²) >= 11 is 0. The molecular formula is C15H28N2O. The summed E-state index contributed by atoms with van der Waals surface area (Å²) in [6.07, 6.45) is 1.42. The summed E-state index contributed by atoms with van der Waals surface area (Å²) < 4.78 is 7.87. The number of nitrogens with zero attached hydrogens (tertiary/aromatic N) is 1. The van der Waals surface area contributed by atoms with E-state index in [4.69, 9.17) is 4.74 Å². The molecule has 0 aliphatic carbocycles. The van der Waals surface area contributed by atoms with Crippen LogP contribution in [0.15, 0.2) is 6.07 Å². The molecule has 1 rings (SSSR count). The molecule has 0 amide bonds. The van der Waals surface area contributed by atoms with E-state index in [-0.39, 0.29) is 0 Å². The molecule has 1 heterocycles. The van der Waals surface area contributed by atoms with Crippen molar-refractivity contribution in [2.75, 3.05) is 13.2 Å². The lowest BCUT2D eigenvalue weighted by Gasteiger charge is -2.09. The van der Waals surface area contributed by atoms with Crippen molar-refractivity contribution in [1.82, 2.24) is 9.88 Å². The van der Waals surface area contributed by atoms with Crippen LogP contribution in [0.2, 0.25) is 0 Å². The second kappa shape index (κ2) is 7.59. The van der Waals surface area contributed by atoms with Crippen LogP contribution in [0.5, 0.6) is 0 Å². The van der Waals surface area contributed by atoms with Gasteiger partial charge in [-0.3, -0.25) is 0 Å². The predicted molar refractivity (Wildman–Crippen MR) is 77.0 cm³/mol. The van der Waals surface area contributed by atoms with Crippen molar-refractivity contribution in [2.24, 2.45) is 0 Å². The Kier molecular flexibility index (Phi) is 6.44. The predicted octanol–water partition coefficient (Wildman–Crippen LogP) is 3.03. The molecule has 104 valence electrons. The first-order valence-corrected chi connectivity index (χ1v) is 7.04. The second-order valence-corrected chi connectivity index (χ2v) is 5.09. The number of aromatic nitrogens is 1. The Morgan fingerprint density at radius 2 is 2.06 bits per heavy atom. The van der Waals surface area contributed by atoms with Gasteiger partial charge in [-0.1, -0.05) is 0 Å². The molecule has 1 aromatic heterocycles. The molecule has 18 heavy (non-hydrogen) atoms. The van der Waals surface area contributed by atoms with E-state index in [9.17, 15) is 0 Å². The fourth-order valence-electron chi connectivity index (χ4n) is 2.28. The molecule has 0 atom stereocenters. The summed E-state index contributed by atoms with van der Waals surface area (Å²) in [6.45, 7) is 14.6. The van der Waals surface area contributed by atoms with Gasteiger partial charge in [0.2, 0.25) is 0 Å². The zero-order chi connectivity index (χ0) is 13.5. The van der Waals surface area contributed by atoms with Gasteiger partial charge in [0.25, 0.3) is 0 Å². The molecule has 0 saturated heterocycles. The molecule has 0 fully saturated rings. The molecule has 3 nitrogen and oxygen atoms in total. The van der Waals surface area contributed by atoms with Gasteiger partial charge in [-0.05, 0) is 59.2 Å². The van der Waals surface area contributed by atoms with Gasteiger partial charge < -0.3 is 14.6 Å². The third-order valence-electron chi connectivity index (χ3n) is 3.26. The minimum Gasteiger partial charge on any atom is -0.379 e. The highest BCUT2D eigenvalue weighted by Gasteiger charge is 2.06. The van der Waals surface area contributed by atoms with Crippen molar-refractivity contribution in [3.8, 4) is 0 Å². The molecule has 0 saturated carbocycles. The van der Waals surface area contributed by atoms with E-state index in [2.05, 4.69) is 50.6 Å². The van der Waals surface area contributed by atoms with E-state index in [1.165, 1.54) is 17.0 Å². The molecule has 0 spiro atoms. The summed E-state index contributed by atoms with van der Waals surface area (Å²) in [6, 6.07) is 2.29. The third-order valence-corrected chi connectivity index (χ3v) is 3.26. The Bertz CT molecular complexity index is 356. The number of aryl methyl sites for hydroxylation is 1. The Morgan fingerprint density at radius 1 is 1.33 bits per heavy atom. The first kappa shape index (κ1) is 15.3. The Labute approximate surface area is 112 Å². The van der Waals surface area contributed by atoms with Gasteiger partial charge >= 0.3 is 0 Å². The van der Waals surface area contributed by atoms with Crippen molar-refractivity contribution in [2.45, 2.75) is 60.2 Å². The lowest BCUT2D eigenvalue weighted by molar-refractivity contribution is 0.0770. The first-order chi connectivity index (χ1) is 8.56. The van der Waals surface area contributed by atoms with Crippen LogP contribution in [0.25, 0.3) is 0 Å². The standard InChI is InChI=1S/C15H28N2O/c1-6-17-13(4)10-15(14(17)5)11-16-8-7-9-18-12(2)3/h10,12,16H,6-9,11H2,1-5H3. The van der Waals surface area contributed by atoms with Gasteiger partial charge in [0, 0.05) is 31.1 Å². The van der Waals surface area contributed by atoms with Gasteiger partial charge in [-0.2, -0.15) is 0 Å². The van der Waals surface area contributed by atoms with Gasteiger partial charge in [0.1, 0.15) is 0 Å². The van der Waals surface area contributed by atoms with Crippen LogP contribution in [0, 0.1) is 13.8 Å². The smallest absolute Gasteiger partial charge is 0.0518 e. The van der Waals surface area contributed by atoms with E-state index in [1.807, 2.05) is 0 Å². The highest BCUT2D eigenvalue weighted by molar-refractivity contribution is 5.26. The number of ether oxygens (including phenoxy) is 1. The minimum atomic E-state index is 0.341. The van der Waals surface area contributed by atoms with Gasteiger partial charge in [-0.25, -0.2) is 0 Å². The van der Waals surface area contributed by atoms with Crippen molar-refractivity contribution >= 4 is 0 Å². The molecule has 0 unspecified atom stereocenters. The van der Waals surface area contributed by atoms with Crippen molar-refractivity contribution in [1.29, 1.82) is 0 Å². The van der Waals surface area contributed by atoms with Gasteiger partial charge in [-0.15, -0.1) is 0 Å². The second-order valence-electron chi connectivity index (χ2n) is 5.09. The van der Waals surface area contributed by atoms with Crippen LogP contribution < -0.4 is 5.32 Å². The Hall–Kier alpha value is -0.800. The topological polar surface area (TPSA) is 26.2 Å². The fraction of sp³-hybridized carbons (Fsp3) is 0.733. The SMILES string of the molecule is CCn1c(C)cc(CNCCCOC(C)C)c1C. The zero-order valence-corrected chi connectivity index (χ0v) is 12.5. The molecule has 1 aromatic rings. The molecular weight excluding hydrogens is 224 g/mol. The van der Waals surface area contributed by atoms with Crippen molar-refractivity contribution in [3.05, 3.63) is 23.0 Å². The van der Waals surface area contributed by atoms with Crippen LogP contribution in [-0.2, 0) is 17.8 Å². The molecule has 0 radical (unpaired) electrons. The molecule has 3 heteroatoms. The van der Waals surface area contributed by atoms with E-state index in [1.54, 1.807) is 0 Å². The molecule has 0 aromatic carbocycles. The summed E-state index contributed by atoms with van der Waals surface area (Å²) in [5.74, 6) is 0. The number of hydrogen-bond acceptors (Lipinski definition) is 2. The summed E-state index contributed by atoms with van der Waals surface area (Å²) in [5.41, 5.74) is 4.16. The highest BCUT2D eigenvalue weighted by Crippen LogP contribution is 2.14. The maximum atomic E-state index is 5.51. The maximum Gasteiger partial charge on any atom is 0.0518 e. The van der Waals surface area contributed by atoms with Crippen molar-refractivity contribution < 1.29 is 4.74 Å². The van der Waals surface area contributed by atoms with Crippen LogP contribution in [0.4, 0.5) is 0 Å². The fourth-order valence-corrected chi connectivity index (χ4v) is 2.28. The quantitative estimate of drug-likeness (QED) is 0.720. The molecule has 0 bridgehead atoms. The molecule has 0 aliphatic heterocycles. The lowest BCUT2D eigenvalue weighted by Crippen LogP contribution is -2.17.